The lowest BCUT2D eigenvalue weighted by atomic mass is 9.96. The Morgan fingerprint density at radius 2 is 0.812 bits per heavy atom. The van der Waals surface area contributed by atoms with Crippen molar-refractivity contribution in [1.29, 1.82) is 0 Å². The molecule has 0 aliphatic rings. The van der Waals surface area contributed by atoms with Crippen molar-refractivity contribution in [3.05, 3.63) is 255 Å². The predicted octanol–water partition coefficient (Wildman–Crippen LogP) is 19.1. The van der Waals surface area contributed by atoms with Crippen molar-refractivity contribution in [1.82, 2.24) is 4.57 Å². The van der Waals surface area contributed by atoms with E-state index in [1.807, 2.05) is 11.3 Å². The number of hydrogen-bond donors (Lipinski definition) is 0. The first-order valence-electron chi connectivity index (χ1n) is 23.7. The molecule has 322 valence electrons. The monoisotopic (exact) mass is 894 g/mol. The van der Waals surface area contributed by atoms with Gasteiger partial charge in [-0.25, -0.2) is 0 Å². The molecule has 0 radical (unpaired) electrons. The van der Waals surface area contributed by atoms with Gasteiger partial charge in [-0.1, -0.05) is 194 Å². The van der Waals surface area contributed by atoms with E-state index in [2.05, 4.69) is 264 Å². The molecule has 69 heavy (non-hydrogen) atoms. The largest absolute Gasteiger partial charge is 0.310 e. The smallest absolute Gasteiger partial charge is 0.0541 e. The number of para-hydroxylation sites is 3. The van der Waals surface area contributed by atoms with Gasteiger partial charge in [0.1, 0.15) is 0 Å². The molecule has 2 aromatic heterocycles. The highest BCUT2D eigenvalue weighted by atomic mass is 32.1. The first kappa shape index (κ1) is 39.4. The molecule has 12 aromatic carbocycles. The number of anilines is 3. The van der Waals surface area contributed by atoms with Gasteiger partial charge in [-0.05, 0) is 121 Å². The summed E-state index contributed by atoms with van der Waals surface area (Å²) in [6, 6.07) is 93.7. The van der Waals surface area contributed by atoms with Crippen LogP contribution in [-0.4, -0.2) is 4.57 Å². The first-order valence-corrected chi connectivity index (χ1v) is 24.5. The van der Waals surface area contributed by atoms with E-state index in [4.69, 9.17) is 0 Å². The number of hydrogen-bond acceptors (Lipinski definition) is 2. The molecule has 0 bridgehead atoms. The van der Waals surface area contributed by atoms with Crippen LogP contribution in [-0.2, 0) is 0 Å². The Labute approximate surface area is 403 Å². The van der Waals surface area contributed by atoms with Crippen LogP contribution in [0.5, 0.6) is 0 Å². The molecule has 0 fully saturated rings. The van der Waals surface area contributed by atoms with Gasteiger partial charge in [0, 0.05) is 53.6 Å². The van der Waals surface area contributed by atoms with E-state index in [1.165, 1.54) is 102 Å². The Bertz CT molecular complexity index is 4260. The van der Waals surface area contributed by atoms with E-state index in [9.17, 15) is 0 Å². The van der Waals surface area contributed by atoms with Gasteiger partial charge in [-0.3, -0.25) is 0 Å². The maximum atomic E-state index is 2.42. The molecular formula is C66H42N2S. The van der Waals surface area contributed by atoms with E-state index in [0.29, 0.717) is 0 Å². The summed E-state index contributed by atoms with van der Waals surface area (Å²) >= 11 is 1.91. The Morgan fingerprint density at radius 1 is 0.290 bits per heavy atom. The second-order valence-electron chi connectivity index (χ2n) is 18.0. The fourth-order valence-electron chi connectivity index (χ4n) is 10.9. The summed E-state index contributed by atoms with van der Waals surface area (Å²) in [6.07, 6.45) is 0. The Balaban J connectivity index is 0.889. The van der Waals surface area contributed by atoms with Gasteiger partial charge >= 0.3 is 0 Å². The van der Waals surface area contributed by atoms with Gasteiger partial charge in [0.25, 0.3) is 0 Å². The molecule has 0 spiro atoms. The summed E-state index contributed by atoms with van der Waals surface area (Å²) in [5, 5.41) is 12.8. The molecule has 0 saturated carbocycles. The molecule has 14 aromatic rings. The Hall–Kier alpha value is -8.76. The average Bonchev–Trinajstić information content (AvgIpc) is 3.98. The molecule has 2 heterocycles. The van der Waals surface area contributed by atoms with E-state index >= 15 is 0 Å². The highest BCUT2D eigenvalue weighted by molar-refractivity contribution is 7.27. The van der Waals surface area contributed by atoms with E-state index in [-0.39, 0.29) is 0 Å². The molecule has 0 aliphatic carbocycles. The third kappa shape index (κ3) is 6.47. The minimum Gasteiger partial charge on any atom is -0.310 e. The minimum atomic E-state index is 1.09. The molecule has 2 nitrogen and oxygen atoms in total. The lowest BCUT2D eigenvalue weighted by Crippen LogP contribution is -2.11. The fraction of sp³-hybridized carbons (Fsp3) is 0. The molecule has 0 N–H and O–H groups in total. The zero-order valence-corrected chi connectivity index (χ0v) is 38.4. The van der Waals surface area contributed by atoms with Gasteiger partial charge in [0.15, 0.2) is 0 Å². The predicted molar refractivity (Wildman–Crippen MR) is 297 cm³/mol. The summed E-state index contributed by atoms with van der Waals surface area (Å²) in [4.78, 5) is 2.42. The molecule has 14 rings (SSSR count). The molecule has 0 unspecified atom stereocenters. The first-order chi connectivity index (χ1) is 34.2. The van der Waals surface area contributed by atoms with Crippen LogP contribution in [0.1, 0.15) is 0 Å². The van der Waals surface area contributed by atoms with Crippen molar-refractivity contribution in [3.63, 3.8) is 0 Å². The summed E-state index contributed by atoms with van der Waals surface area (Å²) in [5.74, 6) is 0. The molecule has 0 saturated heterocycles. The Kier molecular flexibility index (Phi) is 9.11. The minimum absolute atomic E-state index is 1.09. The molecular weight excluding hydrogens is 853 g/mol. The third-order valence-corrected chi connectivity index (χ3v) is 15.5. The lowest BCUT2D eigenvalue weighted by Gasteiger charge is -2.28. The quantitative estimate of drug-likeness (QED) is 0.145. The molecule has 0 atom stereocenters. The zero-order chi connectivity index (χ0) is 45.4. The van der Waals surface area contributed by atoms with Crippen molar-refractivity contribution >= 4 is 103 Å². The van der Waals surface area contributed by atoms with E-state index in [0.717, 1.165) is 28.3 Å². The summed E-state index contributed by atoms with van der Waals surface area (Å²) in [5.41, 5.74) is 14.0. The van der Waals surface area contributed by atoms with Crippen molar-refractivity contribution in [2.75, 3.05) is 4.90 Å². The zero-order valence-electron chi connectivity index (χ0n) is 37.6. The normalized spacial score (nSPS) is 11.8. The summed E-state index contributed by atoms with van der Waals surface area (Å²) < 4.78 is 5.06. The number of aromatic nitrogens is 1. The number of thiophene rings is 1. The van der Waals surface area contributed by atoms with Crippen molar-refractivity contribution in [2.45, 2.75) is 0 Å². The summed E-state index contributed by atoms with van der Waals surface area (Å²) in [6.45, 7) is 0. The average molecular weight is 895 g/mol. The number of rotatable bonds is 7. The molecule has 0 amide bonds. The van der Waals surface area contributed by atoms with Gasteiger partial charge < -0.3 is 9.47 Å². The highest BCUT2D eigenvalue weighted by Crippen LogP contribution is 2.46. The van der Waals surface area contributed by atoms with Crippen LogP contribution in [0, 0.1) is 0 Å². The number of benzene rings is 12. The van der Waals surface area contributed by atoms with Crippen molar-refractivity contribution in [3.8, 4) is 39.1 Å². The van der Waals surface area contributed by atoms with E-state index in [1.54, 1.807) is 0 Å². The lowest BCUT2D eigenvalue weighted by molar-refractivity contribution is 1.18. The maximum Gasteiger partial charge on any atom is 0.0541 e. The fourth-order valence-corrected chi connectivity index (χ4v) is 12.3. The standard InChI is InChI=1S/C66H42N2S/c1-3-17-53-44(13-1)27-28-48-41-49(34-39-54(48)53)55-18-5-8-24-62(55)67(51-37-31-46(32-38-51)57-22-12-23-60-61-40-33-45-14-2-4-19-56(45)66(61)69-65(57)60)50-35-29-43(30-36-50)47-15-11-16-52(42-47)68-63-25-9-6-20-58(63)59-21-7-10-26-64(59)68/h1-42H. The second-order valence-corrected chi connectivity index (χ2v) is 19.1. The number of nitrogens with zero attached hydrogens (tertiary/aromatic N) is 2. The van der Waals surface area contributed by atoms with Crippen LogP contribution >= 0.6 is 11.3 Å². The number of fused-ring (bicyclic) bond motifs is 11. The van der Waals surface area contributed by atoms with Crippen LogP contribution in [0.25, 0.3) is 113 Å². The van der Waals surface area contributed by atoms with Gasteiger partial charge in [0.2, 0.25) is 0 Å². The van der Waals surface area contributed by atoms with E-state index < -0.39 is 0 Å². The third-order valence-electron chi connectivity index (χ3n) is 14.2. The van der Waals surface area contributed by atoms with Gasteiger partial charge in [-0.2, -0.15) is 0 Å². The summed E-state index contributed by atoms with van der Waals surface area (Å²) in [7, 11) is 0. The van der Waals surface area contributed by atoms with Crippen LogP contribution in [0.4, 0.5) is 17.1 Å². The van der Waals surface area contributed by atoms with Crippen LogP contribution < -0.4 is 4.90 Å². The van der Waals surface area contributed by atoms with Crippen molar-refractivity contribution in [2.24, 2.45) is 0 Å². The molecule has 0 aliphatic heterocycles. The Morgan fingerprint density at radius 3 is 1.58 bits per heavy atom. The van der Waals surface area contributed by atoms with Crippen molar-refractivity contribution < 1.29 is 0 Å². The van der Waals surface area contributed by atoms with Crippen LogP contribution in [0.3, 0.4) is 0 Å². The highest BCUT2D eigenvalue weighted by Gasteiger charge is 2.20. The van der Waals surface area contributed by atoms with Gasteiger partial charge in [-0.15, -0.1) is 11.3 Å². The molecule has 3 heteroatoms. The van der Waals surface area contributed by atoms with Crippen LogP contribution in [0.15, 0.2) is 255 Å². The van der Waals surface area contributed by atoms with Crippen LogP contribution in [0.2, 0.25) is 0 Å². The SMILES string of the molecule is c1cc(-c2ccc(N(c3ccc(-c4cccc5c4sc4c6ccccc6ccc54)cc3)c3ccccc3-c3ccc4c(ccc5ccccc54)c3)cc2)cc(-n2c3ccccc3c3ccccc32)c1. The topological polar surface area (TPSA) is 8.17 Å². The van der Waals surface area contributed by atoms with Gasteiger partial charge in [0.05, 0.1) is 16.7 Å². The second kappa shape index (κ2) is 16.0. The maximum absolute atomic E-state index is 2.42.